The van der Waals surface area contributed by atoms with E-state index in [1.165, 1.54) is 11.3 Å². The smallest absolute Gasteiger partial charge is 0.227 e. The van der Waals surface area contributed by atoms with E-state index in [4.69, 9.17) is 9.72 Å². The zero-order chi connectivity index (χ0) is 25.3. The van der Waals surface area contributed by atoms with E-state index in [0.29, 0.717) is 12.5 Å². The van der Waals surface area contributed by atoms with Gasteiger partial charge in [-0.2, -0.15) is 0 Å². The topological polar surface area (TPSA) is 98.7 Å². The molecule has 4 heterocycles. The number of ether oxygens (including phenoxy) is 1. The average molecular weight is 490 g/mol. The molecule has 0 amide bonds. The Hall–Kier alpha value is -3.43. The Balaban J connectivity index is 1.39. The van der Waals surface area contributed by atoms with E-state index in [1.807, 2.05) is 13.0 Å². The molecule has 0 saturated carbocycles. The van der Waals surface area contributed by atoms with Gasteiger partial charge in [-0.15, -0.1) is 0 Å². The highest BCUT2D eigenvalue weighted by Crippen LogP contribution is 2.38. The van der Waals surface area contributed by atoms with Crippen LogP contribution in [0.4, 0.5) is 23.1 Å². The molecule has 0 radical (unpaired) electrons. The fourth-order valence-electron chi connectivity index (χ4n) is 5.01. The number of pyridine rings is 1. The van der Waals surface area contributed by atoms with Crippen molar-refractivity contribution in [1.29, 1.82) is 0 Å². The molecule has 0 aliphatic carbocycles. The second-order valence-corrected chi connectivity index (χ2v) is 9.84. The summed E-state index contributed by atoms with van der Waals surface area (Å²) in [7, 11) is 1.69. The minimum Gasteiger partial charge on any atom is -0.494 e. The van der Waals surface area contributed by atoms with Gasteiger partial charge in [-0.05, 0) is 37.2 Å². The standard InChI is InChI=1S/C27H35N7O2/c1-5-33-8-10-34(11-9-33)23-14-24(36-4)22(12-18(23)2)32-26-28-7-6-21(31-26)19-13-20-25(29-15-19)30-16-27(20,3)17-35/h6-7,12-15,35H,5,8-11,16-17H2,1-4H3,(H,29,30)(H,28,31,32). The van der Waals surface area contributed by atoms with Gasteiger partial charge in [0.25, 0.3) is 0 Å². The third kappa shape index (κ3) is 4.56. The van der Waals surface area contributed by atoms with Crippen molar-refractivity contribution in [3.8, 4) is 17.0 Å². The molecule has 2 aliphatic rings. The molecular formula is C27H35N7O2. The van der Waals surface area contributed by atoms with Crippen LogP contribution >= 0.6 is 0 Å². The minimum atomic E-state index is -0.359. The zero-order valence-corrected chi connectivity index (χ0v) is 21.5. The summed E-state index contributed by atoms with van der Waals surface area (Å²) < 4.78 is 5.75. The van der Waals surface area contributed by atoms with Gasteiger partial charge in [0, 0.05) is 73.4 Å². The summed E-state index contributed by atoms with van der Waals surface area (Å²) in [6.45, 7) is 12.4. The third-order valence-corrected chi connectivity index (χ3v) is 7.41. The van der Waals surface area contributed by atoms with E-state index in [2.05, 4.69) is 62.4 Å². The lowest BCUT2D eigenvalue weighted by atomic mass is 9.85. The molecule has 3 N–H and O–H groups in total. The first-order chi connectivity index (χ1) is 17.4. The number of methoxy groups -OCH3 is 1. The number of anilines is 4. The molecule has 1 saturated heterocycles. The Labute approximate surface area is 212 Å². The molecule has 9 nitrogen and oxygen atoms in total. The minimum absolute atomic E-state index is 0.0537. The number of benzene rings is 1. The van der Waals surface area contributed by atoms with Crippen molar-refractivity contribution >= 4 is 23.1 Å². The van der Waals surface area contributed by atoms with Gasteiger partial charge in [0.2, 0.25) is 5.95 Å². The predicted octanol–water partition coefficient (Wildman–Crippen LogP) is 3.42. The van der Waals surface area contributed by atoms with Gasteiger partial charge in [-0.25, -0.2) is 15.0 Å². The second kappa shape index (κ2) is 9.91. The lowest BCUT2D eigenvalue weighted by molar-refractivity contribution is 0.218. The van der Waals surface area contributed by atoms with Crippen LogP contribution in [-0.2, 0) is 5.41 Å². The number of aliphatic hydroxyl groups excluding tert-OH is 1. The van der Waals surface area contributed by atoms with Crippen LogP contribution in [0.15, 0.2) is 36.7 Å². The molecule has 0 bridgehead atoms. The van der Waals surface area contributed by atoms with Crippen molar-refractivity contribution in [3.63, 3.8) is 0 Å². The maximum absolute atomic E-state index is 9.92. The molecule has 9 heteroatoms. The first-order valence-corrected chi connectivity index (χ1v) is 12.6. The largest absolute Gasteiger partial charge is 0.494 e. The number of aliphatic hydroxyl groups is 1. The molecule has 2 aliphatic heterocycles. The van der Waals surface area contributed by atoms with Crippen molar-refractivity contribution in [2.24, 2.45) is 0 Å². The van der Waals surface area contributed by atoms with Crippen LogP contribution in [0, 0.1) is 6.92 Å². The van der Waals surface area contributed by atoms with Gasteiger partial charge in [-0.1, -0.05) is 13.8 Å². The summed E-state index contributed by atoms with van der Waals surface area (Å²) in [6, 6.07) is 8.14. The Morgan fingerprint density at radius 1 is 1.17 bits per heavy atom. The number of likely N-dealkylation sites (N-methyl/N-ethyl adjacent to an activating group) is 1. The number of aryl methyl sites for hydroxylation is 1. The molecule has 1 atom stereocenters. The number of piperazine rings is 1. The monoisotopic (exact) mass is 489 g/mol. The fraction of sp³-hybridized carbons (Fsp3) is 0.444. The molecule has 0 spiro atoms. The third-order valence-electron chi connectivity index (χ3n) is 7.41. The van der Waals surface area contributed by atoms with Crippen molar-refractivity contribution in [2.75, 3.05) is 68.5 Å². The number of hydrogen-bond acceptors (Lipinski definition) is 9. The van der Waals surface area contributed by atoms with Crippen molar-refractivity contribution in [3.05, 3.63) is 47.8 Å². The highest BCUT2D eigenvalue weighted by Gasteiger charge is 2.35. The van der Waals surface area contributed by atoms with E-state index in [9.17, 15) is 5.11 Å². The number of aromatic nitrogens is 3. The molecule has 36 heavy (non-hydrogen) atoms. The van der Waals surface area contributed by atoms with Gasteiger partial charge < -0.3 is 30.3 Å². The first kappa shape index (κ1) is 24.3. The quantitative estimate of drug-likeness (QED) is 0.461. The number of nitrogens with zero attached hydrogens (tertiary/aromatic N) is 5. The Bertz CT molecular complexity index is 1240. The summed E-state index contributed by atoms with van der Waals surface area (Å²) >= 11 is 0. The molecule has 1 unspecified atom stereocenters. The summed E-state index contributed by atoms with van der Waals surface area (Å²) in [6.07, 6.45) is 3.54. The van der Waals surface area contributed by atoms with Gasteiger partial charge in [0.05, 0.1) is 25.1 Å². The fourth-order valence-corrected chi connectivity index (χ4v) is 5.01. The zero-order valence-electron chi connectivity index (χ0n) is 21.5. The SMILES string of the molecule is CCN1CCN(c2cc(OC)c(Nc3nccc(-c4cnc5c(c4)C(C)(CO)CN5)n3)cc2C)CC1. The van der Waals surface area contributed by atoms with Crippen molar-refractivity contribution in [1.82, 2.24) is 19.9 Å². The van der Waals surface area contributed by atoms with E-state index >= 15 is 0 Å². The van der Waals surface area contributed by atoms with E-state index in [0.717, 1.165) is 66.8 Å². The Kier molecular flexibility index (Phi) is 6.68. The van der Waals surface area contributed by atoms with Crippen LogP contribution in [-0.4, -0.2) is 77.9 Å². The molecular weight excluding hydrogens is 454 g/mol. The lowest BCUT2D eigenvalue weighted by Crippen LogP contribution is -2.46. The van der Waals surface area contributed by atoms with Crippen LogP contribution < -0.4 is 20.3 Å². The molecule has 5 rings (SSSR count). The van der Waals surface area contributed by atoms with Gasteiger partial charge in [0.1, 0.15) is 11.6 Å². The number of nitrogens with one attached hydrogen (secondary N) is 2. The molecule has 2 aromatic heterocycles. The summed E-state index contributed by atoms with van der Waals surface area (Å²) in [5.41, 5.74) is 5.49. The van der Waals surface area contributed by atoms with Gasteiger partial charge in [0.15, 0.2) is 0 Å². The summed E-state index contributed by atoms with van der Waals surface area (Å²) in [5.74, 6) is 2.06. The van der Waals surface area contributed by atoms with Crippen LogP contribution in [0.5, 0.6) is 5.75 Å². The maximum atomic E-state index is 9.92. The summed E-state index contributed by atoms with van der Waals surface area (Å²) in [5, 5.41) is 16.6. The molecule has 1 fully saturated rings. The highest BCUT2D eigenvalue weighted by atomic mass is 16.5. The normalized spacial score (nSPS) is 19.6. The van der Waals surface area contributed by atoms with Crippen LogP contribution in [0.3, 0.4) is 0 Å². The second-order valence-electron chi connectivity index (χ2n) is 9.84. The number of fused-ring (bicyclic) bond motifs is 1. The lowest BCUT2D eigenvalue weighted by Gasteiger charge is -2.36. The van der Waals surface area contributed by atoms with Crippen LogP contribution in [0.1, 0.15) is 25.0 Å². The van der Waals surface area contributed by atoms with E-state index < -0.39 is 0 Å². The van der Waals surface area contributed by atoms with Crippen molar-refractivity contribution < 1.29 is 9.84 Å². The molecule has 1 aromatic carbocycles. The highest BCUT2D eigenvalue weighted by molar-refractivity contribution is 5.72. The van der Waals surface area contributed by atoms with E-state index in [1.54, 1.807) is 19.5 Å². The molecule has 190 valence electrons. The van der Waals surface area contributed by atoms with Gasteiger partial charge >= 0.3 is 0 Å². The van der Waals surface area contributed by atoms with Gasteiger partial charge in [-0.3, -0.25) is 0 Å². The van der Waals surface area contributed by atoms with Crippen LogP contribution in [0.2, 0.25) is 0 Å². The first-order valence-electron chi connectivity index (χ1n) is 12.6. The Morgan fingerprint density at radius 3 is 2.69 bits per heavy atom. The maximum Gasteiger partial charge on any atom is 0.227 e. The molecule has 3 aromatic rings. The summed E-state index contributed by atoms with van der Waals surface area (Å²) in [4.78, 5) is 18.7. The van der Waals surface area contributed by atoms with E-state index in [-0.39, 0.29) is 12.0 Å². The Morgan fingerprint density at radius 2 is 1.97 bits per heavy atom. The van der Waals surface area contributed by atoms with Crippen molar-refractivity contribution in [2.45, 2.75) is 26.2 Å². The number of hydrogen-bond donors (Lipinski definition) is 3. The van der Waals surface area contributed by atoms with Crippen LogP contribution in [0.25, 0.3) is 11.3 Å². The average Bonchev–Trinajstić information content (AvgIpc) is 3.25. The number of rotatable bonds is 7. The predicted molar refractivity (Wildman–Crippen MR) is 144 cm³/mol.